The zero-order chi connectivity index (χ0) is 12.8. The highest BCUT2D eigenvalue weighted by molar-refractivity contribution is 5.23. The van der Waals surface area contributed by atoms with E-state index in [1.165, 1.54) is 6.07 Å². The summed E-state index contributed by atoms with van der Waals surface area (Å²) < 4.78 is 23.3. The summed E-state index contributed by atoms with van der Waals surface area (Å²) in [5.74, 6) is 0.177. The highest BCUT2D eigenvalue weighted by Crippen LogP contribution is 2.12. The Kier molecular flexibility index (Phi) is 4.25. The summed E-state index contributed by atoms with van der Waals surface area (Å²) in [7, 11) is 1.61. The first kappa shape index (κ1) is 12.5. The molecule has 6 heteroatoms. The molecule has 1 aromatic heterocycles. The van der Waals surface area contributed by atoms with E-state index in [-0.39, 0.29) is 5.82 Å². The molecule has 0 unspecified atom stereocenters. The maximum Gasteiger partial charge on any atom is 0.321 e. The van der Waals surface area contributed by atoms with Crippen LogP contribution in [0.5, 0.6) is 0 Å². The van der Waals surface area contributed by atoms with E-state index in [4.69, 9.17) is 9.26 Å². The average Bonchev–Trinajstić information content (AvgIpc) is 2.80. The van der Waals surface area contributed by atoms with Gasteiger partial charge in [0, 0.05) is 20.1 Å². The van der Waals surface area contributed by atoms with Crippen LogP contribution >= 0.6 is 0 Å². The molecule has 0 bridgehead atoms. The van der Waals surface area contributed by atoms with Gasteiger partial charge in [0.05, 0.1) is 6.61 Å². The maximum atomic E-state index is 13.4. The molecule has 0 aliphatic heterocycles. The Hall–Kier alpha value is -1.95. The molecule has 1 N–H and O–H groups in total. The number of halogens is 1. The summed E-state index contributed by atoms with van der Waals surface area (Å²) in [6, 6.07) is 6.85. The fourth-order valence-electron chi connectivity index (χ4n) is 1.47. The first-order chi connectivity index (χ1) is 8.79. The molecule has 0 aliphatic carbocycles. The Morgan fingerprint density at radius 3 is 3.00 bits per heavy atom. The van der Waals surface area contributed by atoms with Gasteiger partial charge >= 0.3 is 6.01 Å². The molecule has 0 saturated heterocycles. The van der Waals surface area contributed by atoms with Gasteiger partial charge in [-0.15, -0.1) is 0 Å². The lowest BCUT2D eigenvalue weighted by Crippen LogP contribution is -2.07. The van der Waals surface area contributed by atoms with Crippen molar-refractivity contribution in [3.05, 3.63) is 41.5 Å². The minimum absolute atomic E-state index is 0.267. The molecule has 0 aliphatic rings. The van der Waals surface area contributed by atoms with E-state index in [0.29, 0.717) is 37.0 Å². The van der Waals surface area contributed by atoms with Crippen molar-refractivity contribution in [2.24, 2.45) is 0 Å². The van der Waals surface area contributed by atoms with Gasteiger partial charge in [0.25, 0.3) is 0 Å². The van der Waals surface area contributed by atoms with Crippen LogP contribution in [0.4, 0.5) is 10.4 Å². The van der Waals surface area contributed by atoms with Gasteiger partial charge in [-0.3, -0.25) is 0 Å². The number of ether oxygens (including phenoxy) is 1. The van der Waals surface area contributed by atoms with Crippen molar-refractivity contribution >= 4 is 6.01 Å². The topological polar surface area (TPSA) is 60.2 Å². The monoisotopic (exact) mass is 251 g/mol. The van der Waals surface area contributed by atoms with Crippen LogP contribution in [-0.4, -0.2) is 30.4 Å². The summed E-state index contributed by atoms with van der Waals surface area (Å²) >= 11 is 0. The smallest absolute Gasteiger partial charge is 0.321 e. The molecule has 0 atom stereocenters. The second-order valence-corrected chi connectivity index (χ2v) is 3.70. The number of nitrogens with one attached hydrogen (secondary N) is 1. The van der Waals surface area contributed by atoms with Crippen LogP contribution in [0.1, 0.15) is 11.4 Å². The van der Waals surface area contributed by atoms with Gasteiger partial charge in [-0.25, -0.2) is 4.39 Å². The van der Waals surface area contributed by atoms with Crippen molar-refractivity contribution in [2.45, 2.75) is 6.42 Å². The number of hydrogen-bond donors (Lipinski definition) is 1. The number of nitrogens with zero attached hydrogens (tertiary/aromatic N) is 2. The molecule has 5 nitrogen and oxygen atoms in total. The Labute approximate surface area is 104 Å². The molecule has 0 radical (unpaired) electrons. The molecule has 1 aromatic carbocycles. The normalized spacial score (nSPS) is 10.6. The van der Waals surface area contributed by atoms with Crippen LogP contribution < -0.4 is 5.32 Å². The van der Waals surface area contributed by atoms with Gasteiger partial charge in [0.2, 0.25) is 0 Å². The van der Waals surface area contributed by atoms with E-state index in [1.807, 2.05) is 0 Å². The fourth-order valence-corrected chi connectivity index (χ4v) is 1.47. The van der Waals surface area contributed by atoms with Crippen molar-refractivity contribution in [1.82, 2.24) is 10.1 Å². The summed E-state index contributed by atoms with van der Waals surface area (Å²) in [6.45, 7) is 1.13. The molecule has 2 rings (SSSR count). The average molecular weight is 251 g/mol. The number of rotatable bonds is 6. The number of methoxy groups -OCH3 is 1. The predicted octanol–water partition coefficient (Wildman–Crippen LogP) is 1.86. The summed E-state index contributed by atoms with van der Waals surface area (Å²) in [5.41, 5.74) is 0.543. The third-order valence-electron chi connectivity index (χ3n) is 2.36. The van der Waals surface area contributed by atoms with Crippen molar-refractivity contribution in [2.75, 3.05) is 25.6 Å². The predicted molar refractivity (Wildman–Crippen MR) is 63.9 cm³/mol. The second-order valence-electron chi connectivity index (χ2n) is 3.70. The van der Waals surface area contributed by atoms with Crippen LogP contribution in [0, 0.1) is 5.82 Å². The van der Waals surface area contributed by atoms with Crippen molar-refractivity contribution in [3.8, 4) is 0 Å². The van der Waals surface area contributed by atoms with Crippen LogP contribution in [0.2, 0.25) is 0 Å². The number of hydrogen-bond acceptors (Lipinski definition) is 5. The molecule has 0 spiro atoms. The number of anilines is 1. The second kappa shape index (κ2) is 6.11. The fraction of sp³-hybridized carbons (Fsp3) is 0.333. The molecular formula is C12H14FN3O2. The highest BCUT2D eigenvalue weighted by atomic mass is 19.1. The molecule has 0 fully saturated rings. The van der Waals surface area contributed by atoms with Gasteiger partial charge in [-0.1, -0.05) is 23.4 Å². The Balaban J connectivity index is 1.96. The van der Waals surface area contributed by atoms with E-state index in [0.717, 1.165) is 0 Å². The van der Waals surface area contributed by atoms with E-state index in [2.05, 4.69) is 15.5 Å². The molecule has 0 amide bonds. The van der Waals surface area contributed by atoms with Crippen LogP contribution in [0.25, 0.3) is 0 Å². The zero-order valence-electron chi connectivity index (χ0n) is 10.0. The van der Waals surface area contributed by atoms with Crippen LogP contribution in [0.15, 0.2) is 28.8 Å². The van der Waals surface area contributed by atoms with E-state index in [9.17, 15) is 4.39 Å². The van der Waals surface area contributed by atoms with Gasteiger partial charge < -0.3 is 14.6 Å². The minimum Gasteiger partial charge on any atom is -0.383 e. The van der Waals surface area contributed by atoms with Crippen molar-refractivity contribution in [3.63, 3.8) is 0 Å². The zero-order valence-corrected chi connectivity index (χ0v) is 10.0. The Morgan fingerprint density at radius 2 is 2.22 bits per heavy atom. The molecule has 1 heterocycles. The van der Waals surface area contributed by atoms with Gasteiger partial charge in [0.15, 0.2) is 5.82 Å². The van der Waals surface area contributed by atoms with Crippen LogP contribution in [-0.2, 0) is 11.2 Å². The van der Waals surface area contributed by atoms with Gasteiger partial charge in [-0.2, -0.15) is 4.98 Å². The summed E-state index contributed by atoms with van der Waals surface area (Å²) in [4.78, 5) is 4.11. The maximum absolute atomic E-state index is 13.4. The number of aromatic nitrogens is 2. The Morgan fingerprint density at radius 1 is 1.39 bits per heavy atom. The summed E-state index contributed by atoms with van der Waals surface area (Å²) in [5, 5.41) is 6.68. The molecule has 18 heavy (non-hydrogen) atoms. The quantitative estimate of drug-likeness (QED) is 0.794. The summed E-state index contributed by atoms with van der Waals surface area (Å²) in [6.07, 6.45) is 0.308. The van der Waals surface area contributed by atoms with E-state index >= 15 is 0 Å². The standard InChI is InChI=1S/C12H14FN3O2/c1-17-7-6-14-12-15-11(16-18-12)8-9-4-2-3-5-10(9)13/h2-5H,6-8H2,1H3,(H,14,15,16). The Bertz CT molecular complexity index is 502. The van der Waals surface area contributed by atoms with E-state index < -0.39 is 0 Å². The van der Waals surface area contributed by atoms with E-state index in [1.54, 1.807) is 25.3 Å². The van der Waals surface area contributed by atoms with Crippen LogP contribution in [0.3, 0.4) is 0 Å². The first-order valence-corrected chi connectivity index (χ1v) is 5.58. The molecule has 2 aromatic rings. The SMILES string of the molecule is COCCNc1nc(Cc2ccccc2F)no1. The highest BCUT2D eigenvalue weighted by Gasteiger charge is 2.08. The third-order valence-corrected chi connectivity index (χ3v) is 2.36. The lowest BCUT2D eigenvalue weighted by atomic mass is 10.1. The van der Waals surface area contributed by atoms with Crippen molar-refractivity contribution < 1.29 is 13.7 Å². The molecule has 96 valence electrons. The van der Waals surface area contributed by atoms with Crippen molar-refractivity contribution in [1.29, 1.82) is 0 Å². The lowest BCUT2D eigenvalue weighted by Gasteiger charge is -1.98. The lowest BCUT2D eigenvalue weighted by molar-refractivity contribution is 0.210. The van der Waals surface area contributed by atoms with Gasteiger partial charge in [-0.05, 0) is 11.6 Å². The minimum atomic E-state index is -0.267. The molecular weight excluding hydrogens is 237 g/mol. The largest absolute Gasteiger partial charge is 0.383 e. The molecule has 0 saturated carbocycles. The number of benzene rings is 1. The third kappa shape index (κ3) is 3.27. The van der Waals surface area contributed by atoms with Gasteiger partial charge in [0.1, 0.15) is 5.82 Å². The first-order valence-electron chi connectivity index (χ1n) is 5.58.